The minimum atomic E-state index is -0.643. The van der Waals surface area contributed by atoms with Crippen molar-refractivity contribution in [3.8, 4) is 5.75 Å². The number of ether oxygens (including phenoxy) is 1. The number of hydrogen-bond donors (Lipinski definition) is 1. The lowest BCUT2D eigenvalue weighted by Gasteiger charge is -2.09. The largest absolute Gasteiger partial charge is 0.494 e. The van der Waals surface area contributed by atoms with Crippen molar-refractivity contribution in [3.63, 3.8) is 0 Å². The molecule has 0 aliphatic rings. The lowest BCUT2D eigenvalue weighted by atomic mass is 10.2. The molecule has 0 aliphatic heterocycles. The third kappa shape index (κ3) is 3.68. The van der Waals surface area contributed by atoms with Gasteiger partial charge in [0.05, 0.1) is 11.5 Å². The van der Waals surface area contributed by atoms with Crippen molar-refractivity contribution in [2.24, 2.45) is 0 Å². The number of nitrogens with zero attached hydrogens (tertiary/aromatic N) is 1. The molecule has 0 aromatic heterocycles. The SMILES string of the molecule is CCOc1ccc(CNc2c(F)cccc2[N+](=O)[O-])cc1. The Morgan fingerprint density at radius 3 is 2.57 bits per heavy atom. The Kier molecular flexibility index (Phi) is 4.71. The topological polar surface area (TPSA) is 64.4 Å². The molecule has 110 valence electrons. The molecule has 0 radical (unpaired) electrons. The molecule has 0 atom stereocenters. The predicted molar refractivity (Wildman–Crippen MR) is 78.0 cm³/mol. The van der Waals surface area contributed by atoms with Crippen molar-refractivity contribution in [1.29, 1.82) is 0 Å². The van der Waals surface area contributed by atoms with Gasteiger partial charge in [0.1, 0.15) is 11.4 Å². The third-order valence-corrected chi connectivity index (χ3v) is 2.89. The van der Waals surface area contributed by atoms with Crippen molar-refractivity contribution in [3.05, 3.63) is 64.0 Å². The van der Waals surface area contributed by atoms with E-state index in [0.29, 0.717) is 6.61 Å². The summed E-state index contributed by atoms with van der Waals surface area (Å²) in [5, 5.41) is 13.7. The molecule has 1 N–H and O–H groups in total. The van der Waals surface area contributed by atoms with Gasteiger partial charge >= 0.3 is 0 Å². The van der Waals surface area contributed by atoms with Crippen molar-refractivity contribution in [2.75, 3.05) is 11.9 Å². The van der Waals surface area contributed by atoms with Crippen LogP contribution in [0.25, 0.3) is 0 Å². The first-order valence-corrected chi connectivity index (χ1v) is 6.50. The van der Waals surface area contributed by atoms with Gasteiger partial charge in [-0.05, 0) is 30.7 Å². The van der Waals surface area contributed by atoms with E-state index in [4.69, 9.17) is 4.74 Å². The summed E-state index contributed by atoms with van der Waals surface area (Å²) in [6.45, 7) is 2.76. The first kappa shape index (κ1) is 14.8. The lowest BCUT2D eigenvalue weighted by molar-refractivity contribution is -0.384. The fraction of sp³-hybridized carbons (Fsp3) is 0.200. The molecule has 2 aromatic rings. The second-order valence-corrected chi connectivity index (χ2v) is 4.32. The van der Waals surface area contributed by atoms with Crippen LogP contribution in [0, 0.1) is 15.9 Å². The van der Waals surface area contributed by atoms with Gasteiger partial charge in [-0.1, -0.05) is 18.2 Å². The fourth-order valence-corrected chi connectivity index (χ4v) is 1.90. The van der Waals surface area contributed by atoms with Gasteiger partial charge in [0.2, 0.25) is 0 Å². The molecule has 0 saturated heterocycles. The second kappa shape index (κ2) is 6.69. The maximum Gasteiger partial charge on any atom is 0.295 e. The van der Waals surface area contributed by atoms with Crippen molar-refractivity contribution in [2.45, 2.75) is 13.5 Å². The number of nitro benzene ring substituents is 1. The fourth-order valence-electron chi connectivity index (χ4n) is 1.90. The first-order chi connectivity index (χ1) is 10.1. The van der Waals surface area contributed by atoms with Crippen LogP contribution in [-0.2, 0) is 6.54 Å². The number of benzene rings is 2. The van der Waals surface area contributed by atoms with Crippen LogP contribution in [0.3, 0.4) is 0 Å². The average molecular weight is 290 g/mol. The molecule has 2 aromatic carbocycles. The molecule has 0 saturated carbocycles. The number of nitrogens with one attached hydrogen (secondary N) is 1. The number of hydrogen-bond acceptors (Lipinski definition) is 4. The molecule has 0 unspecified atom stereocenters. The number of halogens is 1. The maximum absolute atomic E-state index is 13.7. The van der Waals surface area contributed by atoms with Gasteiger partial charge < -0.3 is 10.1 Å². The van der Waals surface area contributed by atoms with E-state index in [1.54, 1.807) is 12.1 Å². The quantitative estimate of drug-likeness (QED) is 0.650. The van der Waals surface area contributed by atoms with Gasteiger partial charge in [-0.15, -0.1) is 0 Å². The summed E-state index contributed by atoms with van der Waals surface area (Å²) in [6, 6.07) is 11.0. The van der Waals surface area contributed by atoms with Crippen molar-refractivity contribution < 1.29 is 14.1 Å². The van der Waals surface area contributed by atoms with Crippen LogP contribution in [0.2, 0.25) is 0 Å². The molecule has 0 fully saturated rings. The van der Waals surface area contributed by atoms with E-state index in [0.717, 1.165) is 11.3 Å². The highest BCUT2D eigenvalue weighted by molar-refractivity contribution is 5.62. The van der Waals surface area contributed by atoms with Crippen molar-refractivity contribution >= 4 is 11.4 Å². The summed E-state index contributed by atoms with van der Waals surface area (Å²) < 4.78 is 19.0. The zero-order valence-electron chi connectivity index (χ0n) is 11.5. The molecule has 5 nitrogen and oxygen atoms in total. The molecule has 0 aliphatic carbocycles. The Morgan fingerprint density at radius 1 is 1.24 bits per heavy atom. The number of para-hydroxylation sites is 1. The summed E-state index contributed by atoms with van der Waals surface area (Å²) in [7, 11) is 0. The highest BCUT2D eigenvalue weighted by atomic mass is 19.1. The molecule has 0 spiro atoms. The molecule has 6 heteroatoms. The highest BCUT2D eigenvalue weighted by Crippen LogP contribution is 2.27. The molecule has 0 amide bonds. The average Bonchev–Trinajstić information content (AvgIpc) is 2.47. The van der Waals surface area contributed by atoms with Gasteiger partial charge in [-0.25, -0.2) is 4.39 Å². The van der Waals surface area contributed by atoms with Crippen LogP contribution in [0.1, 0.15) is 12.5 Å². The minimum Gasteiger partial charge on any atom is -0.494 e. The first-order valence-electron chi connectivity index (χ1n) is 6.50. The van der Waals surface area contributed by atoms with Crippen molar-refractivity contribution in [1.82, 2.24) is 0 Å². The predicted octanol–water partition coefficient (Wildman–Crippen LogP) is 3.74. The van der Waals surface area contributed by atoms with Crippen LogP contribution < -0.4 is 10.1 Å². The highest BCUT2D eigenvalue weighted by Gasteiger charge is 2.17. The third-order valence-electron chi connectivity index (χ3n) is 2.89. The normalized spacial score (nSPS) is 10.2. The van der Waals surface area contributed by atoms with E-state index in [-0.39, 0.29) is 17.9 Å². The molecule has 0 bridgehead atoms. The second-order valence-electron chi connectivity index (χ2n) is 4.32. The van der Waals surface area contributed by atoms with E-state index in [9.17, 15) is 14.5 Å². The minimum absolute atomic E-state index is 0.101. The zero-order chi connectivity index (χ0) is 15.2. The van der Waals surface area contributed by atoms with Gasteiger partial charge in [0.15, 0.2) is 5.82 Å². The monoisotopic (exact) mass is 290 g/mol. The lowest BCUT2D eigenvalue weighted by Crippen LogP contribution is -2.04. The summed E-state index contributed by atoms with van der Waals surface area (Å²) in [4.78, 5) is 10.3. The van der Waals surface area contributed by atoms with Gasteiger partial charge in [-0.2, -0.15) is 0 Å². The molecule has 21 heavy (non-hydrogen) atoms. The van der Waals surface area contributed by atoms with Crippen LogP contribution in [-0.4, -0.2) is 11.5 Å². The molecular formula is C15H15FN2O3. The Labute approximate surface area is 121 Å². The van der Waals surface area contributed by atoms with E-state index in [1.165, 1.54) is 18.2 Å². The maximum atomic E-state index is 13.7. The van der Waals surface area contributed by atoms with Gasteiger partial charge in [0.25, 0.3) is 5.69 Å². The van der Waals surface area contributed by atoms with E-state index >= 15 is 0 Å². The van der Waals surface area contributed by atoms with Gasteiger partial charge in [0, 0.05) is 12.6 Å². The van der Waals surface area contributed by atoms with Crippen LogP contribution >= 0.6 is 0 Å². The smallest absolute Gasteiger partial charge is 0.295 e. The zero-order valence-corrected chi connectivity index (χ0v) is 11.5. The van der Waals surface area contributed by atoms with E-state index in [2.05, 4.69) is 5.32 Å². The Hall–Kier alpha value is -2.63. The molecular weight excluding hydrogens is 275 g/mol. The molecule has 0 heterocycles. The van der Waals surface area contributed by atoms with Crippen LogP contribution in [0.15, 0.2) is 42.5 Å². The van der Waals surface area contributed by atoms with Gasteiger partial charge in [-0.3, -0.25) is 10.1 Å². The summed E-state index contributed by atoms with van der Waals surface area (Å²) >= 11 is 0. The number of anilines is 1. The summed E-state index contributed by atoms with van der Waals surface area (Å²) in [5.41, 5.74) is 0.494. The Morgan fingerprint density at radius 2 is 1.95 bits per heavy atom. The number of rotatable bonds is 6. The van der Waals surface area contributed by atoms with Crippen LogP contribution in [0.5, 0.6) is 5.75 Å². The number of nitro groups is 1. The Bertz CT molecular complexity index is 629. The van der Waals surface area contributed by atoms with E-state index in [1.807, 2.05) is 19.1 Å². The standard InChI is InChI=1S/C15H15FN2O3/c1-2-21-12-8-6-11(7-9-12)10-17-15-13(16)4-3-5-14(15)18(19)20/h3-9,17H,2,10H2,1H3. The molecule has 2 rings (SSSR count). The Balaban J connectivity index is 2.11. The van der Waals surface area contributed by atoms with E-state index < -0.39 is 10.7 Å². The van der Waals surface area contributed by atoms with Crippen LogP contribution in [0.4, 0.5) is 15.8 Å². The summed E-state index contributed by atoms with van der Waals surface area (Å²) in [6.07, 6.45) is 0. The summed E-state index contributed by atoms with van der Waals surface area (Å²) in [5.74, 6) is 0.105.